The van der Waals surface area contributed by atoms with Gasteiger partial charge in [-0.05, 0) is 35.8 Å². The zero-order valence-electron chi connectivity index (χ0n) is 12.5. The molecule has 118 valence electrons. The molecule has 1 heterocycles. The summed E-state index contributed by atoms with van der Waals surface area (Å²) in [5.74, 6) is -0.539. The molecule has 2 rings (SSSR count). The number of halogens is 1. The molecule has 0 saturated carbocycles. The van der Waals surface area contributed by atoms with Crippen molar-refractivity contribution in [3.8, 4) is 5.75 Å². The molecule has 0 aliphatic carbocycles. The first-order chi connectivity index (χ1) is 10.4. The number of hydrogen-bond acceptors (Lipinski definition) is 4. The number of amides is 2. The summed E-state index contributed by atoms with van der Waals surface area (Å²) < 4.78 is 5.57. The number of para-hydroxylation sites is 1. The van der Waals surface area contributed by atoms with Gasteiger partial charge in [0.1, 0.15) is 5.75 Å². The van der Waals surface area contributed by atoms with Crippen molar-refractivity contribution in [1.82, 2.24) is 10.2 Å². The molecule has 0 saturated heterocycles. The lowest BCUT2D eigenvalue weighted by Gasteiger charge is -2.33. The Balaban J connectivity index is 2.58. The Morgan fingerprint density at radius 2 is 2.18 bits per heavy atom. The fourth-order valence-corrected chi connectivity index (χ4v) is 2.69. The van der Waals surface area contributed by atoms with Crippen LogP contribution in [-0.4, -0.2) is 35.7 Å². The maximum absolute atomic E-state index is 12.3. The zero-order valence-corrected chi connectivity index (χ0v) is 14.1. The van der Waals surface area contributed by atoms with E-state index in [1.807, 2.05) is 0 Å². The van der Waals surface area contributed by atoms with Crippen LogP contribution >= 0.6 is 15.9 Å². The number of urea groups is 1. The van der Waals surface area contributed by atoms with E-state index in [9.17, 15) is 14.7 Å². The molecule has 2 N–H and O–H groups in total. The van der Waals surface area contributed by atoms with E-state index < -0.39 is 12.0 Å². The predicted molar refractivity (Wildman–Crippen MR) is 84.2 cm³/mol. The highest BCUT2D eigenvalue weighted by Crippen LogP contribution is 2.38. The number of esters is 1. The van der Waals surface area contributed by atoms with Crippen LogP contribution in [0, 0.1) is 0 Å². The number of nitrogens with one attached hydrogen (secondary N) is 1. The standard InChI is InChI=1S/C15H17BrN2O4/c1-4-22-14(20)11-8(2)18(3)15(21)17-12(11)9-6-5-7-10(16)13(9)19/h5-7,12,19H,4H2,1-3H3,(H,17,21)/t12-/m0/s1. The third kappa shape index (κ3) is 2.81. The summed E-state index contributed by atoms with van der Waals surface area (Å²) in [6, 6.07) is 3.94. The average molecular weight is 369 g/mol. The van der Waals surface area contributed by atoms with Gasteiger partial charge in [0, 0.05) is 18.3 Å². The second-order valence-electron chi connectivity index (χ2n) is 4.84. The lowest BCUT2D eigenvalue weighted by Crippen LogP contribution is -2.46. The van der Waals surface area contributed by atoms with Crippen molar-refractivity contribution in [2.75, 3.05) is 13.7 Å². The van der Waals surface area contributed by atoms with Gasteiger partial charge in [-0.15, -0.1) is 0 Å². The zero-order chi connectivity index (χ0) is 16.4. The van der Waals surface area contributed by atoms with Crippen LogP contribution in [0.3, 0.4) is 0 Å². The van der Waals surface area contributed by atoms with E-state index in [0.717, 1.165) is 0 Å². The quantitative estimate of drug-likeness (QED) is 0.803. The molecule has 0 unspecified atom stereocenters. The van der Waals surface area contributed by atoms with Gasteiger partial charge in [0.15, 0.2) is 0 Å². The third-order valence-electron chi connectivity index (χ3n) is 3.58. The Morgan fingerprint density at radius 3 is 2.82 bits per heavy atom. The largest absolute Gasteiger partial charge is 0.506 e. The monoisotopic (exact) mass is 368 g/mol. The van der Waals surface area contributed by atoms with Gasteiger partial charge in [0.05, 0.1) is 22.7 Å². The van der Waals surface area contributed by atoms with E-state index in [0.29, 0.717) is 21.3 Å². The highest BCUT2D eigenvalue weighted by atomic mass is 79.9. The second-order valence-corrected chi connectivity index (χ2v) is 5.69. The lowest BCUT2D eigenvalue weighted by molar-refractivity contribution is -0.139. The number of aromatic hydroxyl groups is 1. The first-order valence-corrected chi connectivity index (χ1v) is 7.57. The van der Waals surface area contributed by atoms with E-state index in [2.05, 4.69) is 21.2 Å². The number of phenolic OH excluding ortho intramolecular Hbond substituents is 1. The predicted octanol–water partition coefficient (Wildman–Crippen LogP) is 2.69. The van der Waals surface area contributed by atoms with Gasteiger partial charge in [-0.25, -0.2) is 9.59 Å². The van der Waals surface area contributed by atoms with Gasteiger partial charge in [-0.3, -0.25) is 0 Å². The molecular weight excluding hydrogens is 352 g/mol. The fraction of sp³-hybridized carbons (Fsp3) is 0.333. The number of carbonyl (C=O) groups is 2. The van der Waals surface area contributed by atoms with Crippen LogP contribution in [0.25, 0.3) is 0 Å². The minimum absolute atomic E-state index is 0.0213. The Labute approximate surface area is 136 Å². The van der Waals surface area contributed by atoms with Crippen molar-refractivity contribution in [2.45, 2.75) is 19.9 Å². The summed E-state index contributed by atoms with van der Waals surface area (Å²) in [5, 5.41) is 12.9. The van der Waals surface area contributed by atoms with Gasteiger partial charge in [0.25, 0.3) is 0 Å². The van der Waals surface area contributed by atoms with Gasteiger partial charge in [-0.2, -0.15) is 0 Å². The molecule has 1 aliphatic heterocycles. The van der Waals surface area contributed by atoms with Gasteiger partial charge < -0.3 is 20.1 Å². The van der Waals surface area contributed by atoms with Gasteiger partial charge >= 0.3 is 12.0 Å². The second kappa shape index (κ2) is 6.39. The smallest absolute Gasteiger partial charge is 0.338 e. The topological polar surface area (TPSA) is 78.9 Å². The number of phenols is 1. The number of hydrogen-bond donors (Lipinski definition) is 2. The van der Waals surface area contributed by atoms with E-state index in [1.54, 1.807) is 39.1 Å². The van der Waals surface area contributed by atoms with Crippen molar-refractivity contribution < 1.29 is 19.4 Å². The Bertz CT molecular complexity index is 657. The number of nitrogens with zero attached hydrogens (tertiary/aromatic N) is 1. The molecule has 2 amide bonds. The molecule has 1 aromatic rings. The number of benzene rings is 1. The SMILES string of the molecule is CCOC(=O)C1=C(C)N(C)C(=O)N[C@H]1c1cccc(Br)c1O. The molecule has 22 heavy (non-hydrogen) atoms. The van der Waals surface area contributed by atoms with Crippen molar-refractivity contribution >= 4 is 27.9 Å². The summed E-state index contributed by atoms with van der Waals surface area (Å²) in [6.45, 7) is 3.61. The fourth-order valence-electron chi connectivity index (χ4n) is 2.31. The molecule has 6 nitrogen and oxygen atoms in total. The first-order valence-electron chi connectivity index (χ1n) is 6.78. The van der Waals surface area contributed by atoms with Crippen LogP contribution in [0.15, 0.2) is 33.9 Å². The number of ether oxygens (including phenoxy) is 1. The van der Waals surface area contributed by atoms with Crippen LogP contribution in [0.1, 0.15) is 25.5 Å². The van der Waals surface area contributed by atoms with E-state index >= 15 is 0 Å². The highest BCUT2D eigenvalue weighted by molar-refractivity contribution is 9.10. The molecule has 0 bridgehead atoms. The van der Waals surface area contributed by atoms with Crippen molar-refractivity contribution in [3.63, 3.8) is 0 Å². The molecule has 0 fully saturated rings. The molecule has 1 aromatic carbocycles. The molecule has 0 radical (unpaired) electrons. The summed E-state index contributed by atoms with van der Waals surface area (Å²) in [4.78, 5) is 25.7. The number of allylic oxidation sites excluding steroid dienone is 1. The molecular formula is C15H17BrN2O4. The third-order valence-corrected chi connectivity index (χ3v) is 4.22. The molecule has 7 heteroatoms. The average Bonchev–Trinajstić information content (AvgIpc) is 2.47. The summed E-state index contributed by atoms with van der Waals surface area (Å²) in [7, 11) is 1.57. The van der Waals surface area contributed by atoms with Gasteiger partial charge in [-0.1, -0.05) is 12.1 Å². The van der Waals surface area contributed by atoms with E-state index in [1.165, 1.54) is 4.90 Å². The van der Waals surface area contributed by atoms with Crippen LogP contribution < -0.4 is 5.32 Å². The maximum atomic E-state index is 12.3. The molecule has 0 spiro atoms. The molecule has 1 atom stereocenters. The minimum atomic E-state index is -0.764. The Morgan fingerprint density at radius 1 is 1.50 bits per heavy atom. The van der Waals surface area contributed by atoms with Gasteiger partial charge in [0.2, 0.25) is 0 Å². The van der Waals surface area contributed by atoms with Crippen molar-refractivity contribution in [1.29, 1.82) is 0 Å². The van der Waals surface area contributed by atoms with Crippen LogP contribution in [0.5, 0.6) is 5.75 Å². The van der Waals surface area contributed by atoms with Crippen molar-refractivity contribution in [2.24, 2.45) is 0 Å². The first kappa shape index (κ1) is 16.4. The normalized spacial score (nSPS) is 18.3. The maximum Gasteiger partial charge on any atom is 0.338 e. The summed E-state index contributed by atoms with van der Waals surface area (Å²) in [5.41, 5.74) is 1.22. The lowest BCUT2D eigenvalue weighted by atomic mass is 9.94. The Hall–Kier alpha value is -2.02. The Kier molecular flexibility index (Phi) is 4.75. The number of carbonyl (C=O) groups excluding carboxylic acids is 2. The molecule has 0 aromatic heterocycles. The highest BCUT2D eigenvalue weighted by Gasteiger charge is 2.36. The van der Waals surface area contributed by atoms with E-state index in [-0.39, 0.29) is 18.4 Å². The van der Waals surface area contributed by atoms with Crippen molar-refractivity contribution in [3.05, 3.63) is 39.5 Å². The summed E-state index contributed by atoms with van der Waals surface area (Å²) in [6.07, 6.45) is 0. The van der Waals surface area contributed by atoms with Crippen LogP contribution in [0.4, 0.5) is 4.79 Å². The molecule has 1 aliphatic rings. The summed E-state index contributed by atoms with van der Waals surface area (Å²) >= 11 is 3.24. The minimum Gasteiger partial charge on any atom is -0.506 e. The van der Waals surface area contributed by atoms with E-state index in [4.69, 9.17) is 4.74 Å². The van der Waals surface area contributed by atoms with Crippen LogP contribution in [-0.2, 0) is 9.53 Å². The number of rotatable bonds is 3. The van der Waals surface area contributed by atoms with Crippen LogP contribution in [0.2, 0.25) is 0 Å².